The molecule has 0 spiro atoms. The minimum Gasteiger partial charge on any atom is -0.487 e. The molecule has 0 aliphatic carbocycles. The molecule has 4 N–H and O–H groups in total. The smallest absolute Gasteiger partial charge is 0.222 e. The quantitative estimate of drug-likeness (QED) is 0.801. The zero-order chi connectivity index (χ0) is 15.1. The number of rotatable bonds is 7. The Kier molecular flexibility index (Phi) is 5.29. The molecule has 1 amide bonds. The standard InChI is InChI=1S/C16H19N3O2/c17-9-14(16(18)20)8-12-3-5-13(6-4-12)11-21-15-2-1-7-19-10-15/h1-7,10,14H,8-9,11,17H2,(H2,18,20)/t14-/m0/s1. The number of hydrogen-bond acceptors (Lipinski definition) is 4. The number of nitrogens with two attached hydrogens (primary N) is 2. The Hall–Kier alpha value is -2.40. The third kappa shape index (κ3) is 4.57. The van der Waals surface area contributed by atoms with E-state index in [-0.39, 0.29) is 18.4 Å². The number of ether oxygens (including phenoxy) is 1. The average Bonchev–Trinajstić information content (AvgIpc) is 2.52. The summed E-state index contributed by atoms with van der Waals surface area (Å²) in [7, 11) is 0. The zero-order valence-corrected chi connectivity index (χ0v) is 11.7. The molecule has 1 atom stereocenters. The summed E-state index contributed by atoms with van der Waals surface area (Å²) >= 11 is 0. The van der Waals surface area contributed by atoms with Gasteiger partial charge in [-0.3, -0.25) is 9.78 Å². The van der Waals surface area contributed by atoms with Gasteiger partial charge in [0.15, 0.2) is 0 Å². The van der Waals surface area contributed by atoms with Gasteiger partial charge in [-0.1, -0.05) is 24.3 Å². The second kappa shape index (κ2) is 7.40. The molecule has 0 radical (unpaired) electrons. The fourth-order valence-electron chi connectivity index (χ4n) is 1.96. The first-order valence-corrected chi connectivity index (χ1v) is 6.79. The van der Waals surface area contributed by atoms with Crippen LogP contribution in [0.15, 0.2) is 48.8 Å². The average molecular weight is 285 g/mol. The van der Waals surface area contributed by atoms with Crippen LogP contribution in [0.1, 0.15) is 11.1 Å². The second-order valence-corrected chi connectivity index (χ2v) is 4.83. The Labute approximate surface area is 123 Å². The Morgan fingerprint density at radius 3 is 2.48 bits per heavy atom. The molecule has 2 aromatic rings. The SMILES string of the molecule is NC[C@H](Cc1ccc(COc2cccnc2)cc1)C(N)=O. The minimum absolute atomic E-state index is 0.265. The molecule has 0 saturated heterocycles. The number of carbonyl (C=O) groups is 1. The van der Waals surface area contributed by atoms with Crippen LogP contribution >= 0.6 is 0 Å². The van der Waals surface area contributed by atoms with Gasteiger partial charge in [-0.15, -0.1) is 0 Å². The molecule has 21 heavy (non-hydrogen) atoms. The van der Waals surface area contributed by atoms with Crippen LogP contribution in [-0.4, -0.2) is 17.4 Å². The maximum Gasteiger partial charge on any atom is 0.222 e. The first-order valence-electron chi connectivity index (χ1n) is 6.79. The molecule has 1 aromatic carbocycles. The highest BCUT2D eigenvalue weighted by atomic mass is 16.5. The number of benzene rings is 1. The van der Waals surface area contributed by atoms with Crippen molar-refractivity contribution in [3.8, 4) is 5.75 Å². The largest absolute Gasteiger partial charge is 0.487 e. The van der Waals surface area contributed by atoms with Crippen molar-refractivity contribution >= 4 is 5.91 Å². The number of primary amides is 1. The molecule has 2 rings (SSSR count). The van der Waals surface area contributed by atoms with Crippen LogP contribution in [-0.2, 0) is 17.8 Å². The van der Waals surface area contributed by atoms with Crippen LogP contribution < -0.4 is 16.2 Å². The van der Waals surface area contributed by atoms with Gasteiger partial charge in [-0.2, -0.15) is 0 Å². The van der Waals surface area contributed by atoms with E-state index in [1.165, 1.54) is 0 Å². The van der Waals surface area contributed by atoms with Crippen molar-refractivity contribution in [3.05, 3.63) is 59.9 Å². The predicted octanol–water partition coefficient (Wildman–Crippen LogP) is 1.26. The fraction of sp³-hybridized carbons (Fsp3) is 0.250. The minimum atomic E-state index is -0.360. The molecule has 5 nitrogen and oxygen atoms in total. The lowest BCUT2D eigenvalue weighted by molar-refractivity contribution is -0.121. The molecule has 0 fully saturated rings. The van der Waals surface area contributed by atoms with Crippen LogP contribution in [0.5, 0.6) is 5.75 Å². The van der Waals surface area contributed by atoms with Crippen molar-refractivity contribution in [1.29, 1.82) is 0 Å². The van der Waals surface area contributed by atoms with Crippen molar-refractivity contribution in [3.63, 3.8) is 0 Å². The predicted molar refractivity (Wildman–Crippen MR) is 80.5 cm³/mol. The Bertz CT molecular complexity index is 570. The molecular weight excluding hydrogens is 266 g/mol. The van der Waals surface area contributed by atoms with Gasteiger partial charge < -0.3 is 16.2 Å². The van der Waals surface area contributed by atoms with Gasteiger partial charge >= 0.3 is 0 Å². The van der Waals surface area contributed by atoms with Crippen molar-refractivity contribution < 1.29 is 9.53 Å². The molecule has 0 bridgehead atoms. The summed E-state index contributed by atoms with van der Waals surface area (Å²) in [6, 6.07) is 11.6. The molecule has 0 aliphatic rings. The van der Waals surface area contributed by atoms with E-state index in [1.807, 2.05) is 36.4 Å². The van der Waals surface area contributed by atoms with Crippen LogP contribution in [0.2, 0.25) is 0 Å². The third-order valence-corrected chi connectivity index (χ3v) is 3.23. The van der Waals surface area contributed by atoms with E-state index in [0.29, 0.717) is 13.0 Å². The summed E-state index contributed by atoms with van der Waals surface area (Å²) in [5.41, 5.74) is 12.9. The number of aromatic nitrogens is 1. The van der Waals surface area contributed by atoms with Crippen LogP contribution in [0.3, 0.4) is 0 Å². The van der Waals surface area contributed by atoms with E-state index in [0.717, 1.165) is 16.9 Å². The Morgan fingerprint density at radius 1 is 1.19 bits per heavy atom. The summed E-state index contributed by atoms with van der Waals surface area (Å²) in [6.07, 6.45) is 3.94. The lowest BCUT2D eigenvalue weighted by Gasteiger charge is -2.11. The Morgan fingerprint density at radius 2 is 1.90 bits per heavy atom. The first kappa shape index (κ1) is 15.0. The van der Waals surface area contributed by atoms with Crippen molar-refractivity contribution in [2.24, 2.45) is 17.4 Å². The Balaban J connectivity index is 1.91. The molecular formula is C16H19N3O2. The number of hydrogen-bond donors (Lipinski definition) is 2. The van der Waals surface area contributed by atoms with Gasteiger partial charge in [0.25, 0.3) is 0 Å². The van der Waals surface area contributed by atoms with Gasteiger partial charge in [0.1, 0.15) is 12.4 Å². The monoisotopic (exact) mass is 285 g/mol. The van der Waals surface area contributed by atoms with E-state index in [1.54, 1.807) is 12.4 Å². The van der Waals surface area contributed by atoms with E-state index in [9.17, 15) is 4.79 Å². The topological polar surface area (TPSA) is 91.2 Å². The van der Waals surface area contributed by atoms with Crippen molar-refractivity contribution in [1.82, 2.24) is 4.98 Å². The molecule has 0 aliphatic heterocycles. The van der Waals surface area contributed by atoms with Gasteiger partial charge in [0, 0.05) is 12.7 Å². The normalized spacial score (nSPS) is 11.9. The third-order valence-electron chi connectivity index (χ3n) is 3.23. The first-order chi connectivity index (χ1) is 10.2. The maximum atomic E-state index is 11.2. The molecule has 0 saturated carbocycles. The number of pyridine rings is 1. The lowest BCUT2D eigenvalue weighted by atomic mass is 9.98. The lowest BCUT2D eigenvalue weighted by Crippen LogP contribution is -2.31. The highest BCUT2D eigenvalue weighted by molar-refractivity contribution is 5.77. The highest BCUT2D eigenvalue weighted by Crippen LogP contribution is 2.13. The van der Waals surface area contributed by atoms with Gasteiger partial charge in [-0.25, -0.2) is 0 Å². The summed E-state index contributed by atoms with van der Waals surface area (Å²) in [5, 5.41) is 0. The molecule has 1 aromatic heterocycles. The summed E-state index contributed by atoms with van der Waals surface area (Å²) < 4.78 is 5.62. The van der Waals surface area contributed by atoms with E-state index >= 15 is 0 Å². The highest BCUT2D eigenvalue weighted by Gasteiger charge is 2.13. The van der Waals surface area contributed by atoms with Gasteiger partial charge in [-0.05, 0) is 29.7 Å². The zero-order valence-electron chi connectivity index (χ0n) is 11.7. The van der Waals surface area contributed by atoms with Crippen LogP contribution in [0, 0.1) is 5.92 Å². The van der Waals surface area contributed by atoms with E-state index in [2.05, 4.69) is 4.98 Å². The van der Waals surface area contributed by atoms with Gasteiger partial charge in [0.2, 0.25) is 5.91 Å². The van der Waals surface area contributed by atoms with Crippen LogP contribution in [0.25, 0.3) is 0 Å². The summed E-state index contributed by atoms with van der Waals surface area (Å²) in [4.78, 5) is 15.2. The van der Waals surface area contributed by atoms with E-state index < -0.39 is 0 Å². The fourth-order valence-corrected chi connectivity index (χ4v) is 1.96. The van der Waals surface area contributed by atoms with E-state index in [4.69, 9.17) is 16.2 Å². The molecule has 5 heteroatoms. The maximum absolute atomic E-state index is 11.2. The summed E-state index contributed by atoms with van der Waals surface area (Å²) in [5.74, 6) is 0.0579. The number of nitrogens with zero attached hydrogens (tertiary/aromatic N) is 1. The molecule has 1 heterocycles. The van der Waals surface area contributed by atoms with Crippen LogP contribution in [0.4, 0.5) is 0 Å². The van der Waals surface area contributed by atoms with Gasteiger partial charge in [0.05, 0.1) is 12.1 Å². The van der Waals surface area contributed by atoms with Crippen molar-refractivity contribution in [2.75, 3.05) is 6.54 Å². The second-order valence-electron chi connectivity index (χ2n) is 4.83. The number of carbonyl (C=O) groups excluding carboxylic acids is 1. The molecule has 0 unspecified atom stereocenters. The summed E-state index contributed by atoms with van der Waals surface area (Å²) in [6.45, 7) is 0.739. The van der Waals surface area contributed by atoms with Crippen molar-refractivity contribution in [2.45, 2.75) is 13.0 Å². The number of amides is 1. The molecule has 110 valence electrons.